The largest absolute Gasteiger partial charge is 0.454 e. The molecule has 0 bridgehead atoms. The minimum atomic E-state index is -0.432. The van der Waals surface area contributed by atoms with Crippen LogP contribution in [0.4, 0.5) is 5.88 Å². The molecule has 9 rings (SSSR count). The lowest BCUT2D eigenvalue weighted by Crippen LogP contribution is -2.32. The summed E-state index contributed by atoms with van der Waals surface area (Å²) in [5.41, 5.74) is 5.61. The number of hydrogen-bond donors (Lipinski definition) is 0. The summed E-state index contributed by atoms with van der Waals surface area (Å²) in [4.78, 5) is 9.34. The number of para-hydroxylation sites is 1. The van der Waals surface area contributed by atoms with Gasteiger partial charge in [0.15, 0.2) is 5.76 Å². The van der Waals surface area contributed by atoms with Crippen molar-refractivity contribution in [2.24, 2.45) is 0 Å². The van der Waals surface area contributed by atoms with Crippen LogP contribution in [0.15, 0.2) is 134 Å². The Morgan fingerprint density at radius 2 is 1.66 bits per heavy atom. The second-order valence-corrected chi connectivity index (χ2v) is 13.2. The predicted octanol–water partition coefficient (Wildman–Crippen LogP) is 10.5. The fourth-order valence-electron chi connectivity index (χ4n) is 6.00. The minimum absolute atomic E-state index is 0.432. The number of benzene rings is 2. The van der Waals surface area contributed by atoms with Gasteiger partial charge < -0.3 is 13.4 Å². The molecule has 6 aromatic heterocycles. The van der Waals surface area contributed by atoms with E-state index in [1.807, 2.05) is 48.0 Å². The molecule has 0 saturated carbocycles. The standard InChI is InChI=1S/C35H21N3O3S3/c1-3-9-24-21(7-1)19-25(41-24)34-31(27-11-6-17-42-27)30(28-20-22-8-2-4-10-26(22)44-28)32(35-36-14-18-43-35)33(23-13-16-40-37-23)38(34)29-12-5-15-39-29/h1-20,33H. The molecule has 0 aliphatic carbocycles. The molecule has 1 unspecified atom stereocenters. The molecule has 7 heterocycles. The molecule has 9 heteroatoms. The van der Waals surface area contributed by atoms with Crippen LogP contribution in [0, 0.1) is 0 Å². The number of nitrogens with zero attached hydrogens (tertiary/aromatic N) is 3. The Morgan fingerprint density at radius 1 is 0.750 bits per heavy atom. The number of thiazole rings is 1. The van der Waals surface area contributed by atoms with Gasteiger partial charge in [0.2, 0.25) is 5.88 Å². The van der Waals surface area contributed by atoms with Gasteiger partial charge in [-0.25, -0.2) is 4.98 Å². The first kappa shape index (κ1) is 25.5. The monoisotopic (exact) mass is 627 g/mol. The van der Waals surface area contributed by atoms with Crippen LogP contribution >= 0.6 is 34.0 Å². The Hall–Kier alpha value is -4.96. The predicted molar refractivity (Wildman–Crippen MR) is 179 cm³/mol. The van der Waals surface area contributed by atoms with E-state index in [1.165, 1.54) is 10.1 Å². The molecule has 0 spiro atoms. The molecule has 0 amide bonds. The molecular weight excluding hydrogens is 607 g/mol. The van der Waals surface area contributed by atoms with Crippen molar-refractivity contribution in [3.8, 4) is 0 Å². The third-order valence-corrected chi connectivity index (χ3v) is 10.6. The van der Waals surface area contributed by atoms with E-state index in [2.05, 4.69) is 70.0 Å². The maximum absolute atomic E-state index is 6.69. The van der Waals surface area contributed by atoms with Crippen molar-refractivity contribution in [1.29, 1.82) is 0 Å². The van der Waals surface area contributed by atoms with Gasteiger partial charge in [-0.15, -0.1) is 34.0 Å². The fourth-order valence-corrected chi connectivity index (χ4v) is 8.62. The van der Waals surface area contributed by atoms with Gasteiger partial charge in [-0.1, -0.05) is 47.6 Å². The molecule has 1 aliphatic heterocycles. The van der Waals surface area contributed by atoms with Gasteiger partial charge in [-0.05, 0) is 47.2 Å². The summed E-state index contributed by atoms with van der Waals surface area (Å²) in [6, 6.07) is 30.7. The Balaban J connectivity index is 1.48. The van der Waals surface area contributed by atoms with Crippen molar-refractivity contribution in [2.45, 2.75) is 6.04 Å². The highest BCUT2D eigenvalue weighted by molar-refractivity contribution is 7.20. The highest BCUT2D eigenvalue weighted by atomic mass is 32.1. The van der Waals surface area contributed by atoms with Gasteiger partial charge in [0, 0.05) is 60.3 Å². The van der Waals surface area contributed by atoms with Gasteiger partial charge in [0.1, 0.15) is 28.6 Å². The van der Waals surface area contributed by atoms with E-state index in [4.69, 9.17) is 18.3 Å². The fraction of sp³-hybridized carbons (Fsp3) is 0.0286. The summed E-state index contributed by atoms with van der Waals surface area (Å²) in [5, 5.41) is 11.8. The Labute approximate surface area is 263 Å². The van der Waals surface area contributed by atoms with Crippen LogP contribution in [-0.4, -0.2) is 10.1 Å². The lowest BCUT2D eigenvalue weighted by Gasteiger charge is -2.39. The van der Waals surface area contributed by atoms with Crippen molar-refractivity contribution < 1.29 is 13.4 Å². The first-order chi connectivity index (χ1) is 21.8. The van der Waals surface area contributed by atoms with Crippen molar-refractivity contribution in [3.63, 3.8) is 0 Å². The van der Waals surface area contributed by atoms with Crippen LogP contribution < -0.4 is 4.90 Å². The number of anilines is 1. The number of allylic oxidation sites excluding steroid dienone is 2. The third kappa shape index (κ3) is 4.05. The average molecular weight is 628 g/mol. The van der Waals surface area contributed by atoms with Crippen molar-refractivity contribution in [3.05, 3.63) is 147 Å². The van der Waals surface area contributed by atoms with Gasteiger partial charge in [-0.3, -0.25) is 4.90 Å². The van der Waals surface area contributed by atoms with E-state index in [9.17, 15) is 0 Å². The van der Waals surface area contributed by atoms with E-state index in [1.54, 1.807) is 46.5 Å². The molecule has 6 nitrogen and oxygen atoms in total. The van der Waals surface area contributed by atoms with Crippen LogP contribution in [0.25, 0.3) is 43.5 Å². The lowest BCUT2D eigenvalue weighted by molar-refractivity contribution is 0.408. The van der Waals surface area contributed by atoms with E-state index < -0.39 is 6.04 Å². The Morgan fingerprint density at radius 3 is 2.41 bits per heavy atom. The minimum Gasteiger partial charge on any atom is -0.454 e. The van der Waals surface area contributed by atoms with Gasteiger partial charge in [0.05, 0.1) is 12.0 Å². The highest BCUT2D eigenvalue weighted by Crippen LogP contribution is 2.57. The molecule has 1 aliphatic rings. The maximum Gasteiger partial charge on any atom is 0.200 e. The summed E-state index contributed by atoms with van der Waals surface area (Å²) < 4.78 is 19.6. The second-order valence-electron chi connectivity index (χ2n) is 10.3. The van der Waals surface area contributed by atoms with Crippen molar-refractivity contribution >= 4 is 83.4 Å². The molecule has 0 fully saturated rings. The summed E-state index contributed by atoms with van der Waals surface area (Å²) in [6.07, 6.45) is 5.17. The SMILES string of the molecule is c1coc(N2C(c3cc4ccccc4o3)=C(c3cccs3)C(c3cc4ccccc4s3)=C(c3nccs3)C2c2ccon2)c1. The molecule has 2 aromatic carbocycles. The summed E-state index contributed by atoms with van der Waals surface area (Å²) in [6.45, 7) is 0. The summed E-state index contributed by atoms with van der Waals surface area (Å²) >= 11 is 5.09. The van der Waals surface area contributed by atoms with Crippen LogP contribution in [0.1, 0.15) is 32.3 Å². The van der Waals surface area contributed by atoms with E-state index in [-0.39, 0.29) is 0 Å². The zero-order chi connectivity index (χ0) is 29.0. The first-order valence-electron chi connectivity index (χ1n) is 14.0. The quantitative estimate of drug-likeness (QED) is 0.183. The smallest absolute Gasteiger partial charge is 0.200 e. The molecule has 0 radical (unpaired) electrons. The van der Waals surface area contributed by atoms with Gasteiger partial charge >= 0.3 is 0 Å². The number of fused-ring (bicyclic) bond motifs is 2. The second kappa shape index (κ2) is 10.3. The first-order valence-corrected chi connectivity index (χ1v) is 16.5. The molecule has 0 N–H and O–H groups in total. The molecule has 212 valence electrons. The molecular formula is C35H21N3O3S3. The zero-order valence-electron chi connectivity index (χ0n) is 22.9. The van der Waals surface area contributed by atoms with E-state index >= 15 is 0 Å². The van der Waals surface area contributed by atoms with Crippen LogP contribution in [-0.2, 0) is 0 Å². The zero-order valence-corrected chi connectivity index (χ0v) is 25.4. The van der Waals surface area contributed by atoms with E-state index in [0.717, 1.165) is 59.6 Å². The lowest BCUT2D eigenvalue weighted by atomic mass is 9.84. The summed E-state index contributed by atoms with van der Waals surface area (Å²) in [7, 11) is 0. The number of rotatable bonds is 6. The van der Waals surface area contributed by atoms with Crippen molar-refractivity contribution in [2.75, 3.05) is 4.90 Å². The van der Waals surface area contributed by atoms with Crippen LogP contribution in [0.5, 0.6) is 0 Å². The molecule has 0 saturated heterocycles. The van der Waals surface area contributed by atoms with Crippen LogP contribution in [0.2, 0.25) is 0 Å². The Kier molecular flexibility index (Phi) is 6.00. The topological polar surface area (TPSA) is 68.4 Å². The number of thiophene rings is 2. The van der Waals surface area contributed by atoms with Gasteiger partial charge in [0.25, 0.3) is 0 Å². The average Bonchev–Trinajstić information content (AvgIpc) is 3.91. The molecule has 44 heavy (non-hydrogen) atoms. The normalized spacial score (nSPS) is 15.7. The van der Waals surface area contributed by atoms with E-state index in [0.29, 0.717) is 5.88 Å². The number of aromatic nitrogens is 2. The number of furan rings is 2. The number of hydrogen-bond acceptors (Lipinski definition) is 9. The third-order valence-electron chi connectivity index (χ3n) is 7.77. The maximum atomic E-state index is 6.69. The Bertz CT molecular complexity index is 2220. The van der Waals surface area contributed by atoms with Crippen molar-refractivity contribution in [1.82, 2.24) is 10.1 Å². The molecule has 1 atom stereocenters. The molecule has 8 aromatic rings. The van der Waals surface area contributed by atoms with Crippen LogP contribution in [0.3, 0.4) is 0 Å². The summed E-state index contributed by atoms with van der Waals surface area (Å²) in [5.74, 6) is 1.39. The highest BCUT2D eigenvalue weighted by Gasteiger charge is 2.44. The van der Waals surface area contributed by atoms with Gasteiger partial charge in [-0.2, -0.15) is 0 Å².